The monoisotopic (exact) mass is 477 g/mol. The first-order valence-corrected chi connectivity index (χ1v) is 12.2. The normalized spacial score (nSPS) is 12.4. The van der Waals surface area contributed by atoms with Gasteiger partial charge in [-0.25, -0.2) is 0 Å². The summed E-state index contributed by atoms with van der Waals surface area (Å²) in [6.45, 7) is 0. The second kappa shape index (κ2) is 9.56. The number of carbonyl (C=O) groups is 2. The maximum absolute atomic E-state index is 12.7. The van der Waals surface area contributed by atoms with Crippen LogP contribution in [0.4, 0.5) is 17.1 Å². The first kappa shape index (κ1) is 22.4. The Morgan fingerprint density at radius 3 is 1.32 bits per heavy atom. The van der Waals surface area contributed by atoms with E-state index in [9.17, 15) is 9.59 Å². The average Bonchev–Trinajstić information content (AvgIpc) is 3.20. The maximum Gasteiger partial charge on any atom is 0.197 e. The number of benzene rings is 5. The molecule has 0 fully saturated rings. The van der Waals surface area contributed by atoms with Gasteiger partial charge in [0.1, 0.15) is 0 Å². The van der Waals surface area contributed by atoms with Gasteiger partial charge in [0.15, 0.2) is 11.6 Å². The van der Waals surface area contributed by atoms with Gasteiger partial charge >= 0.3 is 0 Å². The van der Waals surface area contributed by atoms with E-state index in [0.29, 0.717) is 11.1 Å². The van der Waals surface area contributed by atoms with Crippen molar-refractivity contribution in [3.8, 4) is 11.1 Å². The fraction of sp³-hybridized carbons (Fsp3) is 0. The molecule has 0 bridgehead atoms. The molecule has 5 aromatic carbocycles. The first-order chi connectivity index (χ1) is 18.2. The number of rotatable bonds is 5. The number of anilines is 3. The lowest BCUT2D eigenvalue weighted by atomic mass is 10.0. The van der Waals surface area contributed by atoms with Gasteiger partial charge in [0, 0.05) is 28.2 Å². The van der Waals surface area contributed by atoms with Gasteiger partial charge in [0.2, 0.25) is 0 Å². The Bertz CT molecular complexity index is 1540. The first-order valence-electron chi connectivity index (χ1n) is 12.2. The lowest BCUT2D eigenvalue weighted by Gasteiger charge is -2.25. The summed E-state index contributed by atoms with van der Waals surface area (Å²) in [5.41, 5.74) is 7.42. The molecule has 0 N–H and O–H groups in total. The van der Waals surface area contributed by atoms with Gasteiger partial charge in [-0.2, -0.15) is 0 Å². The van der Waals surface area contributed by atoms with Crippen molar-refractivity contribution >= 4 is 34.7 Å². The molecule has 3 nitrogen and oxygen atoms in total. The van der Waals surface area contributed by atoms with Gasteiger partial charge in [-0.1, -0.05) is 97.1 Å². The second-order valence-corrected chi connectivity index (χ2v) is 8.94. The van der Waals surface area contributed by atoms with Gasteiger partial charge in [-0.3, -0.25) is 9.59 Å². The van der Waals surface area contributed by atoms with Gasteiger partial charge in [-0.05, 0) is 59.2 Å². The van der Waals surface area contributed by atoms with Crippen LogP contribution < -0.4 is 4.90 Å². The van der Waals surface area contributed by atoms with Crippen LogP contribution in [0, 0.1) is 0 Å². The molecule has 0 aliphatic heterocycles. The SMILES string of the molecule is O=C1C(=Cc2ccc(-c3ccc(N(c4ccccc4)c4ccccc4)cc3)cc2)C(=O)c2ccccc21. The summed E-state index contributed by atoms with van der Waals surface area (Å²) < 4.78 is 0. The van der Waals surface area contributed by atoms with Crippen molar-refractivity contribution < 1.29 is 9.59 Å². The molecule has 0 atom stereocenters. The molecule has 6 rings (SSSR count). The topological polar surface area (TPSA) is 37.4 Å². The highest BCUT2D eigenvalue weighted by Crippen LogP contribution is 2.35. The summed E-state index contributed by atoms with van der Waals surface area (Å²) in [6, 6.07) is 44.0. The molecule has 0 spiro atoms. The molecule has 0 saturated carbocycles. The standard InChI is InChI=1S/C34H23NO2/c36-33-30-13-7-8-14-31(30)34(37)32(33)23-24-15-17-25(18-16-24)26-19-21-29(22-20-26)35(27-9-3-1-4-10-27)28-11-5-2-6-12-28/h1-23H. The molecule has 0 heterocycles. The molecule has 176 valence electrons. The van der Waals surface area contributed by atoms with Crippen LogP contribution in [0.3, 0.4) is 0 Å². The molecule has 0 radical (unpaired) electrons. The fourth-order valence-corrected chi connectivity index (χ4v) is 4.75. The van der Waals surface area contributed by atoms with E-state index in [4.69, 9.17) is 0 Å². The number of fused-ring (bicyclic) bond motifs is 1. The van der Waals surface area contributed by atoms with Crippen molar-refractivity contribution in [2.45, 2.75) is 0 Å². The number of nitrogens with zero attached hydrogens (tertiary/aromatic N) is 1. The third kappa shape index (κ3) is 4.28. The van der Waals surface area contributed by atoms with Crippen molar-refractivity contribution in [2.24, 2.45) is 0 Å². The Labute approximate surface area is 216 Å². The zero-order valence-corrected chi connectivity index (χ0v) is 20.0. The van der Waals surface area contributed by atoms with E-state index < -0.39 is 0 Å². The minimum Gasteiger partial charge on any atom is -0.311 e. The van der Waals surface area contributed by atoms with Gasteiger partial charge in [0.05, 0.1) is 5.57 Å². The Hall–Kier alpha value is -5.02. The number of allylic oxidation sites excluding steroid dienone is 1. The predicted molar refractivity (Wildman–Crippen MR) is 150 cm³/mol. The summed E-state index contributed by atoms with van der Waals surface area (Å²) in [5.74, 6) is -0.414. The van der Waals surface area contributed by atoms with E-state index >= 15 is 0 Å². The third-order valence-electron chi connectivity index (χ3n) is 6.61. The van der Waals surface area contributed by atoms with E-state index in [1.54, 1.807) is 30.3 Å². The van der Waals surface area contributed by atoms with Crippen molar-refractivity contribution in [3.05, 3.63) is 156 Å². The second-order valence-electron chi connectivity index (χ2n) is 8.94. The van der Waals surface area contributed by atoms with E-state index in [-0.39, 0.29) is 17.1 Å². The molecule has 0 amide bonds. The quantitative estimate of drug-likeness (QED) is 0.189. The van der Waals surface area contributed by atoms with E-state index in [1.807, 2.05) is 60.7 Å². The molecule has 0 unspecified atom stereocenters. The Kier molecular flexibility index (Phi) is 5.80. The lowest BCUT2D eigenvalue weighted by Crippen LogP contribution is -2.09. The molecular formula is C34H23NO2. The Balaban J connectivity index is 1.27. The molecule has 0 saturated heterocycles. The molecule has 3 heteroatoms. The van der Waals surface area contributed by atoms with Crippen LogP contribution in [0.2, 0.25) is 0 Å². The minimum atomic E-state index is -0.207. The molecule has 1 aliphatic rings. The van der Waals surface area contributed by atoms with Gasteiger partial charge in [0.25, 0.3) is 0 Å². The summed E-state index contributed by atoms with van der Waals surface area (Å²) in [4.78, 5) is 27.6. The van der Waals surface area contributed by atoms with Crippen LogP contribution in [0.5, 0.6) is 0 Å². The van der Waals surface area contributed by atoms with Crippen molar-refractivity contribution in [2.75, 3.05) is 4.90 Å². The molecule has 1 aliphatic carbocycles. The summed E-state index contributed by atoms with van der Waals surface area (Å²) in [7, 11) is 0. The van der Waals surface area contributed by atoms with E-state index in [2.05, 4.69) is 53.4 Å². The lowest BCUT2D eigenvalue weighted by molar-refractivity contribution is 0.0990. The highest BCUT2D eigenvalue weighted by Gasteiger charge is 2.32. The van der Waals surface area contributed by atoms with Crippen LogP contribution in [0.15, 0.2) is 139 Å². The largest absolute Gasteiger partial charge is 0.311 e. The zero-order chi connectivity index (χ0) is 25.2. The van der Waals surface area contributed by atoms with Crippen LogP contribution in [0.25, 0.3) is 17.2 Å². The van der Waals surface area contributed by atoms with Crippen molar-refractivity contribution in [3.63, 3.8) is 0 Å². The van der Waals surface area contributed by atoms with Crippen LogP contribution in [-0.2, 0) is 0 Å². The number of hydrogen-bond acceptors (Lipinski definition) is 3. The fourth-order valence-electron chi connectivity index (χ4n) is 4.75. The smallest absolute Gasteiger partial charge is 0.197 e. The maximum atomic E-state index is 12.7. The van der Waals surface area contributed by atoms with Crippen molar-refractivity contribution in [1.82, 2.24) is 0 Å². The van der Waals surface area contributed by atoms with Crippen molar-refractivity contribution in [1.29, 1.82) is 0 Å². The molecule has 0 aromatic heterocycles. The molecule has 5 aromatic rings. The van der Waals surface area contributed by atoms with Crippen LogP contribution in [-0.4, -0.2) is 11.6 Å². The highest BCUT2D eigenvalue weighted by atomic mass is 16.2. The number of hydrogen-bond donors (Lipinski definition) is 0. The summed E-state index contributed by atoms with van der Waals surface area (Å²) in [6.07, 6.45) is 1.69. The molecular weight excluding hydrogens is 454 g/mol. The van der Waals surface area contributed by atoms with E-state index in [1.165, 1.54) is 0 Å². The van der Waals surface area contributed by atoms with Crippen LogP contribution >= 0.6 is 0 Å². The van der Waals surface area contributed by atoms with E-state index in [0.717, 1.165) is 33.8 Å². The summed E-state index contributed by atoms with van der Waals surface area (Å²) >= 11 is 0. The average molecular weight is 478 g/mol. The zero-order valence-electron chi connectivity index (χ0n) is 20.0. The number of carbonyl (C=O) groups excluding carboxylic acids is 2. The third-order valence-corrected chi connectivity index (χ3v) is 6.61. The van der Waals surface area contributed by atoms with Crippen LogP contribution in [0.1, 0.15) is 26.3 Å². The minimum absolute atomic E-state index is 0.207. The predicted octanol–water partition coefficient (Wildman–Crippen LogP) is 8.29. The van der Waals surface area contributed by atoms with Gasteiger partial charge < -0.3 is 4.90 Å². The number of ketones is 2. The number of para-hydroxylation sites is 2. The Morgan fingerprint density at radius 1 is 0.432 bits per heavy atom. The molecule has 37 heavy (non-hydrogen) atoms. The Morgan fingerprint density at radius 2 is 0.838 bits per heavy atom. The highest BCUT2D eigenvalue weighted by molar-refractivity contribution is 6.41. The number of Topliss-reactive ketones (excluding diaryl/α,β-unsaturated/α-hetero) is 2. The summed E-state index contributed by atoms with van der Waals surface area (Å²) in [5, 5.41) is 0. The van der Waals surface area contributed by atoms with Gasteiger partial charge in [-0.15, -0.1) is 0 Å².